The maximum Gasteiger partial charge on any atom is 0.227 e. The van der Waals surface area contributed by atoms with Gasteiger partial charge in [-0.05, 0) is 24.5 Å². The van der Waals surface area contributed by atoms with Crippen LogP contribution in [0.5, 0.6) is 0 Å². The van der Waals surface area contributed by atoms with Crippen LogP contribution in [0.25, 0.3) is 0 Å². The number of rotatable bonds is 6. The van der Waals surface area contributed by atoms with E-state index in [1.54, 1.807) is 23.4 Å². The van der Waals surface area contributed by atoms with Crippen LogP contribution < -0.4 is 0 Å². The van der Waals surface area contributed by atoms with Crippen molar-refractivity contribution in [3.63, 3.8) is 0 Å². The van der Waals surface area contributed by atoms with Crippen molar-refractivity contribution >= 4 is 11.8 Å². The first kappa shape index (κ1) is 18.0. The first-order chi connectivity index (χ1) is 12.7. The summed E-state index contributed by atoms with van der Waals surface area (Å²) in [4.78, 5) is 36.6. The average molecular weight is 356 g/mol. The van der Waals surface area contributed by atoms with Gasteiger partial charge in [0.2, 0.25) is 11.8 Å². The molecule has 0 bridgehead atoms. The van der Waals surface area contributed by atoms with E-state index in [-0.39, 0.29) is 11.8 Å². The molecule has 8 nitrogen and oxygen atoms in total. The number of aryl methyl sites for hydroxylation is 1. The van der Waals surface area contributed by atoms with E-state index in [0.717, 1.165) is 18.4 Å². The zero-order chi connectivity index (χ0) is 18.2. The van der Waals surface area contributed by atoms with Crippen molar-refractivity contribution in [1.29, 1.82) is 0 Å². The van der Waals surface area contributed by atoms with Gasteiger partial charge in [-0.15, -0.1) is 0 Å². The Balaban J connectivity index is 1.43. The minimum atomic E-state index is 0.0958. The second kappa shape index (κ2) is 9.07. The highest BCUT2D eigenvalue weighted by atomic mass is 16.2. The molecule has 2 amide bonds. The van der Waals surface area contributed by atoms with Crippen LogP contribution in [0.1, 0.15) is 24.8 Å². The molecule has 3 rings (SSSR count). The van der Waals surface area contributed by atoms with Gasteiger partial charge in [0, 0.05) is 51.5 Å². The SMILES string of the molecule is O=C(CCCn1cncn1)N1CCCN(C(=O)Cc2cccnc2)CC1. The highest BCUT2D eigenvalue weighted by Crippen LogP contribution is 2.09. The third kappa shape index (κ3) is 5.11. The number of carbonyl (C=O) groups excluding carboxylic acids is 2. The van der Waals surface area contributed by atoms with Crippen molar-refractivity contribution in [2.24, 2.45) is 0 Å². The van der Waals surface area contributed by atoms with Crippen LogP contribution in [-0.4, -0.2) is 67.5 Å². The lowest BCUT2D eigenvalue weighted by atomic mass is 10.2. The molecule has 2 aromatic rings. The molecule has 1 aliphatic rings. The van der Waals surface area contributed by atoms with E-state index in [2.05, 4.69) is 15.1 Å². The largest absolute Gasteiger partial charge is 0.341 e. The highest BCUT2D eigenvalue weighted by Gasteiger charge is 2.21. The predicted octanol–water partition coefficient (Wildman–Crippen LogP) is 0.757. The zero-order valence-electron chi connectivity index (χ0n) is 14.8. The van der Waals surface area contributed by atoms with E-state index in [1.807, 2.05) is 21.9 Å². The van der Waals surface area contributed by atoms with Crippen LogP contribution >= 0.6 is 0 Å². The van der Waals surface area contributed by atoms with Crippen molar-refractivity contribution in [1.82, 2.24) is 29.5 Å². The third-order valence-electron chi connectivity index (χ3n) is 4.52. The van der Waals surface area contributed by atoms with Gasteiger partial charge in [0.15, 0.2) is 0 Å². The second-order valence-electron chi connectivity index (χ2n) is 6.42. The van der Waals surface area contributed by atoms with Crippen LogP contribution in [0.15, 0.2) is 37.2 Å². The molecule has 2 aromatic heterocycles. The molecule has 1 fully saturated rings. The summed E-state index contributed by atoms with van der Waals surface area (Å²) >= 11 is 0. The Labute approximate surface area is 152 Å². The van der Waals surface area contributed by atoms with Gasteiger partial charge in [-0.1, -0.05) is 6.07 Å². The molecule has 0 radical (unpaired) electrons. The van der Waals surface area contributed by atoms with Gasteiger partial charge >= 0.3 is 0 Å². The Bertz CT molecular complexity index is 704. The molecule has 26 heavy (non-hydrogen) atoms. The summed E-state index contributed by atoms with van der Waals surface area (Å²) < 4.78 is 1.73. The normalized spacial score (nSPS) is 14.9. The van der Waals surface area contributed by atoms with Gasteiger partial charge in [-0.25, -0.2) is 4.98 Å². The quantitative estimate of drug-likeness (QED) is 0.763. The average Bonchev–Trinajstić information content (AvgIpc) is 3.04. The summed E-state index contributed by atoms with van der Waals surface area (Å²) in [5.74, 6) is 0.241. The molecule has 0 atom stereocenters. The Kier molecular flexibility index (Phi) is 6.29. The predicted molar refractivity (Wildman–Crippen MR) is 95.0 cm³/mol. The maximum atomic E-state index is 12.5. The molecular formula is C18H24N6O2. The van der Waals surface area contributed by atoms with Crippen molar-refractivity contribution in [3.05, 3.63) is 42.7 Å². The molecule has 0 aliphatic carbocycles. The van der Waals surface area contributed by atoms with Crippen LogP contribution in [0.4, 0.5) is 0 Å². The van der Waals surface area contributed by atoms with Crippen LogP contribution in [0.2, 0.25) is 0 Å². The summed E-state index contributed by atoms with van der Waals surface area (Å²) in [5.41, 5.74) is 0.919. The molecule has 0 aromatic carbocycles. The number of pyridine rings is 1. The Hall–Kier alpha value is -2.77. The number of amides is 2. The van der Waals surface area contributed by atoms with E-state index < -0.39 is 0 Å². The molecule has 0 saturated carbocycles. The van der Waals surface area contributed by atoms with E-state index in [1.165, 1.54) is 6.33 Å². The number of carbonyl (C=O) groups is 2. The van der Waals surface area contributed by atoms with Gasteiger partial charge in [0.25, 0.3) is 0 Å². The first-order valence-corrected chi connectivity index (χ1v) is 8.99. The smallest absolute Gasteiger partial charge is 0.227 e. The lowest BCUT2D eigenvalue weighted by molar-refractivity contribution is -0.133. The van der Waals surface area contributed by atoms with E-state index in [0.29, 0.717) is 45.6 Å². The van der Waals surface area contributed by atoms with Crippen molar-refractivity contribution in [2.75, 3.05) is 26.2 Å². The lowest BCUT2D eigenvalue weighted by Gasteiger charge is -2.22. The van der Waals surface area contributed by atoms with Gasteiger partial charge in [-0.3, -0.25) is 19.3 Å². The van der Waals surface area contributed by atoms with Crippen molar-refractivity contribution in [2.45, 2.75) is 32.2 Å². The molecule has 0 unspecified atom stereocenters. The summed E-state index contributed by atoms with van der Waals surface area (Å²) in [5, 5.41) is 4.04. The summed E-state index contributed by atoms with van der Waals surface area (Å²) in [7, 11) is 0. The van der Waals surface area contributed by atoms with Crippen LogP contribution in [0.3, 0.4) is 0 Å². The monoisotopic (exact) mass is 356 g/mol. The molecule has 1 saturated heterocycles. The second-order valence-corrected chi connectivity index (χ2v) is 6.42. The Morgan fingerprint density at radius 2 is 1.85 bits per heavy atom. The standard InChI is InChI=1S/C18H24N6O2/c25-17(5-2-9-24-15-20-14-21-24)22-7-3-8-23(11-10-22)18(26)12-16-4-1-6-19-13-16/h1,4,6,13-15H,2-3,5,7-12H2. The van der Waals surface area contributed by atoms with Gasteiger partial charge < -0.3 is 9.80 Å². The van der Waals surface area contributed by atoms with Crippen molar-refractivity contribution in [3.8, 4) is 0 Å². The molecule has 8 heteroatoms. The fraction of sp³-hybridized carbons (Fsp3) is 0.500. The van der Waals surface area contributed by atoms with Gasteiger partial charge in [0.1, 0.15) is 12.7 Å². The summed E-state index contributed by atoms with van der Waals surface area (Å²) in [6.07, 6.45) is 8.97. The minimum Gasteiger partial charge on any atom is -0.341 e. The van der Waals surface area contributed by atoms with Crippen LogP contribution in [0, 0.1) is 0 Å². The molecule has 1 aliphatic heterocycles. The Morgan fingerprint density at radius 1 is 1.04 bits per heavy atom. The van der Waals surface area contributed by atoms with Crippen molar-refractivity contribution < 1.29 is 9.59 Å². The van der Waals surface area contributed by atoms with E-state index in [4.69, 9.17) is 0 Å². The minimum absolute atomic E-state index is 0.0958. The topological polar surface area (TPSA) is 84.2 Å². The molecular weight excluding hydrogens is 332 g/mol. The van der Waals surface area contributed by atoms with Gasteiger partial charge in [-0.2, -0.15) is 5.10 Å². The van der Waals surface area contributed by atoms with Crippen LogP contribution in [-0.2, 0) is 22.6 Å². The molecule has 3 heterocycles. The number of aromatic nitrogens is 4. The lowest BCUT2D eigenvalue weighted by Crippen LogP contribution is -2.38. The highest BCUT2D eigenvalue weighted by molar-refractivity contribution is 5.79. The summed E-state index contributed by atoms with van der Waals surface area (Å²) in [6.45, 7) is 3.28. The zero-order valence-corrected chi connectivity index (χ0v) is 14.8. The number of hydrogen-bond acceptors (Lipinski definition) is 5. The number of hydrogen-bond donors (Lipinski definition) is 0. The third-order valence-corrected chi connectivity index (χ3v) is 4.52. The summed E-state index contributed by atoms with van der Waals surface area (Å²) in [6, 6.07) is 3.75. The molecule has 138 valence electrons. The fourth-order valence-electron chi connectivity index (χ4n) is 3.10. The van der Waals surface area contributed by atoms with E-state index in [9.17, 15) is 9.59 Å². The maximum absolute atomic E-state index is 12.5. The van der Waals surface area contributed by atoms with Gasteiger partial charge in [0.05, 0.1) is 6.42 Å². The number of nitrogens with zero attached hydrogens (tertiary/aromatic N) is 6. The molecule has 0 N–H and O–H groups in total. The Morgan fingerprint density at radius 3 is 2.54 bits per heavy atom. The van der Waals surface area contributed by atoms with E-state index >= 15 is 0 Å². The molecule has 0 spiro atoms. The fourth-order valence-corrected chi connectivity index (χ4v) is 3.10. The first-order valence-electron chi connectivity index (χ1n) is 8.99.